The molecule has 6 rings (SSSR count). The molecule has 0 N–H and O–H groups in total. The minimum absolute atomic E-state index is 0.0211. The topological polar surface area (TPSA) is 17.1 Å². The average Bonchev–Trinajstić information content (AvgIpc) is 3.22. The van der Waals surface area contributed by atoms with E-state index in [1.54, 1.807) is 12.2 Å². The molecule has 2 aliphatic carbocycles. The first-order valence-corrected chi connectivity index (χ1v) is 13.6. The molecule has 0 fully saturated rings. The van der Waals surface area contributed by atoms with Crippen molar-refractivity contribution < 1.29 is 4.79 Å². The minimum Gasteiger partial charge on any atom is -0.290 e. The van der Waals surface area contributed by atoms with Gasteiger partial charge >= 0.3 is 0 Å². The molecule has 0 aromatic heterocycles. The van der Waals surface area contributed by atoms with Crippen LogP contribution in [0.25, 0.3) is 22.3 Å². The van der Waals surface area contributed by atoms with Crippen LogP contribution in [0.1, 0.15) is 44.5 Å². The Morgan fingerprint density at radius 3 is 1.00 bits per heavy atom. The van der Waals surface area contributed by atoms with E-state index in [1.807, 2.05) is 0 Å². The van der Waals surface area contributed by atoms with Crippen molar-refractivity contribution in [2.24, 2.45) is 5.41 Å². The maximum atomic E-state index is 12.6. The van der Waals surface area contributed by atoms with Gasteiger partial charge in [-0.15, -0.1) is 0 Å². The number of hydrogen-bond acceptors (Lipinski definition) is 1. The van der Waals surface area contributed by atoms with E-state index >= 15 is 0 Å². The Labute approximate surface area is 231 Å². The number of hydrogen-bond donors (Lipinski definition) is 0. The molecular weight excluding hydrogens is 472 g/mol. The van der Waals surface area contributed by atoms with Crippen LogP contribution in [0.2, 0.25) is 0 Å². The lowest BCUT2D eigenvalue weighted by Gasteiger charge is -2.32. The second kappa shape index (κ2) is 9.67. The second-order valence-electron chi connectivity index (χ2n) is 10.9. The van der Waals surface area contributed by atoms with Crippen molar-refractivity contribution in [1.29, 1.82) is 0 Å². The highest BCUT2D eigenvalue weighted by atomic mass is 16.1. The molecule has 1 heteroatoms. The van der Waals surface area contributed by atoms with E-state index in [9.17, 15) is 4.79 Å². The molecule has 0 bridgehead atoms. The fourth-order valence-corrected chi connectivity index (χ4v) is 5.88. The fourth-order valence-electron chi connectivity index (χ4n) is 5.88. The molecule has 0 aliphatic heterocycles. The van der Waals surface area contributed by atoms with Crippen LogP contribution in [0.5, 0.6) is 0 Å². The monoisotopic (exact) mass is 504 g/mol. The molecule has 39 heavy (non-hydrogen) atoms. The van der Waals surface area contributed by atoms with Crippen molar-refractivity contribution in [3.8, 4) is 0 Å². The molecule has 1 spiro atoms. The number of allylic oxidation sites excluding steroid dienone is 8. The quantitative estimate of drug-likeness (QED) is 0.271. The summed E-state index contributed by atoms with van der Waals surface area (Å²) in [6.07, 6.45) is 7.73. The SMILES string of the molecule is Cc1ccc(C2=C(c3ccc(C)cc3)C3(C=CC(=O)C=C3)C(c3ccc(C)cc3)=C2c2ccc(C)cc2)cc1. The van der Waals surface area contributed by atoms with Gasteiger partial charge in [-0.25, -0.2) is 0 Å². The minimum atomic E-state index is -0.598. The predicted octanol–water partition coefficient (Wildman–Crippen LogP) is 9.14. The first-order chi connectivity index (χ1) is 18.9. The Morgan fingerprint density at radius 1 is 0.410 bits per heavy atom. The average molecular weight is 505 g/mol. The van der Waals surface area contributed by atoms with Crippen LogP contribution in [0, 0.1) is 33.1 Å². The van der Waals surface area contributed by atoms with Gasteiger partial charge in [-0.1, -0.05) is 131 Å². The van der Waals surface area contributed by atoms with Gasteiger partial charge in [-0.05, 0) is 84.4 Å². The normalized spacial score (nSPS) is 16.1. The summed E-state index contributed by atoms with van der Waals surface area (Å²) in [5, 5.41) is 0. The van der Waals surface area contributed by atoms with Gasteiger partial charge in [0.25, 0.3) is 0 Å². The zero-order chi connectivity index (χ0) is 27.1. The molecule has 4 aromatic rings. The van der Waals surface area contributed by atoms with Crippen LogP contribution < -0.4 is 0 Å². The zero-order valence-electron chi connectivity index (χ0n) is 23.0. The van der Waals surface area contributed by atoms with Crippen molar-refractivity contribution in [2.45, 2.75) is 27.7 Å². The van der Waals surface area contributed by atoms with E-state index < -0.39 is 5.41 Å². The summed E-state index contributed by atoms with van der Waals surface area (Å²) < 4.78 is 0. The lowest BCUT2D eigenvalue weighted by molar-refractivity contribution is -0.110. The number of benzene rings is 4. The number of carbonyl (C=O) groups is 1. The third-order valence-corrected chi connectivity index (χ3v) is 7.96. The standard InChI is InChI=1S/C38H32O/c1-25-5-13-29(14-6-25)34-35(30-15-7-26(2)8-16-30)37(32-19-11-28(4)12-20-32)38(23-21-33(39)22-24-38)36(34)31-17-9-27(3)10-18-31/h5-24H,1-4H3. The Kier molecular flexibility index (Phi) is 6.16. The Balaban J connectivity index is 1.80. The van der Waals surface area contributed by atoms with E-state index in [0.29, 0.717) is 0 Å². The molecule has 0 heterocycles. The molecule has 0 amide bonds. The van der Waals surface area contributed by atoms with Gasteiger partial charge in [0.05, 0.1) is 5.41 Å². The summed E-state index contributed by atoms with van der Waals surface area (Å²) >= 11 is 0. The van der Waals surface area contributed by atoms with Crippen LogP contribution in [-0.2, 0) is 4.79 Å². The van der Waals surface area contributed by atoms with Crippen LogP contribution in [0.15, 0.2) is 121 Å². The van der Waals surface area contributed by atoms with Crippen molar-refractivity contribution in [3.05, 3.63) is 166 Å². The number of ketones is 1. The summed E-state index contributed by atoms with van der Waals surface area (Å²) in [6, 6.07) is 35.3. The molecule has 0 unspecified atom stereocenters. The van der Waals surface area contributed by atoms with E-state index in [-0.39, 0.29) is 5.78 Å². The molecule has 0 radical (unpaired) electrons. The van der Waals surface area contributed by atoms with Gasteiger partial charge in [0, 0.05) is 0 Å². The summed E-state index contributed by atoms with van der Waals surface area (Å²) in [7, 11) is 0. The largest absolute Gasteiger partial charge is 0.290 e. The lowest BCUT2D eigenvalue weighted by atomic mass is 9.69. The van der Waals surface area contributed by atoms with Crippen LogP contribution in [0.4, 0.5) is 0 Å². The van der Waals surface area contributed by atoms with Gasteiger partial charge in [0.2, 0.25) is 0 Å². The number of aryl methyl sites for hydroxylation is 4. The number of rotatable bonds is 4. The third-order valence-electron chi connectivity index (χ3n) is 7.96. The van der Waals surface area contributed by atoms with Crippen LogP contribution in [-0.4, -0.2) is 5.78 Å². The van der Waals surface area contributed by atoms with E-state index in [2.05, 4.69) is 137 Å². The summed E-state index contributed by atoms with van der Waals surface area (Å²) in [6.45, 7) is 8.50. The molecular formula is C38H32O. The van der Waals surface area contributed by atoms with Crippen molar-refractivity contribution in [2.75, 3.05) is 0 Å². The Bertz CT molecular complexity index is 1560. The summed E-state index contributed by atoms with van der Waals surface area (Å²) in [5.41, 5.74) is 13.8. The first kappa shape index (κ1) is 24.8. The van der Waals surface area contributed by atoms with Crippen LogP contribution in [0.3, 0.4) is 0 Å². The highest BCUT2D eigenvalue weighted by molar-refractivity contribution is 6.31. The van der Waals surface area contributed by atoms with Crippen LogP contribution >= 0.6 is 0 Å². The number of carbonyl (C=O) groups excluding carboxylic acids is 1. The summed E-state index contributed by atoms with van der Waals surface area (Å²) in [4.78, 5) is 12.6. The van der Waals surface area contributed by atoms with Gasteiger partial charge in [0.1, 0.15) is 0 Å². The van der Waals surface area contributed by atoms with Gasteiger partial charge in [-0.3, -0.25) is 4.79 Å². The van der Waals surface area contributed by atoms with E-state index in [0.717, 1.165) is 11.1 Å². The van der Waals surface area contributed by atoms with E-state index in [1.165, 1.54) is 55.7 Å². The van der Waals surface area contributed by atoms with Crippen molar-refractivity contribution >= 4 is 28.1 Å². The molecule has 190 valence electrons. The molecule has 4 aromatic carbocycles. The van der Waals surface area contributed by atoms with Gasteiger partial charge in [0.15, 0.2) is 5.78 Å². The molecule has 0 saturated heterocycles. The maximum Gasteiger partial charge on any atom is 0.178 e. The molecule has 0 saturated carbocycles. The second-order valence-corrected chi connectivity index (χ2v) is 10.9. The van der Waals surface area contributed by atoms with Crippen molar-refractivity contribution in [1.82, 2.24) is 0 Å². The molecule has 2 aliphatic rings. The zero-order valence-corrected chi connectivity index (χ0v) is 23.0. The maximum absolute atomic E-state index is 12.6. The highest BCUT2D eigenvalue weighted by Crippen LogP contribution is 2.63. The molecule has 0 atom stereocenters. The Hall–Kier alpha value is -4.49. The Morgan fingerprint density at radius 2 is 0.692 bits per heavy atom. The predicted molar refractivity (Wildman–Crippen MR) is 164 cm³/mol. The van der Waals surface area contributed by atoms with Crippen molar-refractivity contribution in [3.63, 3.8) is 0 Å². The first-order valence-electron chi connectivity index (χ1n) is 13.6. The molecule has 1 nitrogen and oxygen atoms in total. The van der Waals surface area contributed by atoms with Gasteiger partial charge in [-0.2, -0.15) is 0 Å². The lowest BCUT2D eigenvalue weighted by Crippen LogP contribution is -2.21. The smallest absolute Gasteiger partial charge is 0.178 e. The summed E-state index contributed by atoms with van der Waals surface area (Å²) in [5.74, 6) is 0.0211. The third kappa shape index (κ3) is 4.34. The highest BCUT2D eigenvalue weighted by Gasteiger charge is 2.46. The van der Waals surface area contributed by atoms with E-state index in [4.69, 9.17) is 0 Å². The van der Waals surface area contributed by atoms with Gasteiger partial charge < -0.3 is 0 Å². The fraction of sp³-hybridized carbons (Fsp3) is 0.132.